The standard InChI is InChI=1S/C22H25Cl2N3O4/c1-4-14(2)25-22(29)15(3)26(13-16-9-10-18(23)19(24)11-16)21(28)12-17-7-5-6-8-20(17)27(30)31/h5-11,14-15H,4,12-13H2,1-3H3,(H,25,29)/t14-,15-/m0/s1. The number of carbonyl (C=O) groups is 2. The molecule has 0 spiro atoms. The summed E-state index contributed by atoms with van der Waals surface area (Å²) >= 11 is 12.1. The van der Waals surface area contributed by atoms with E-state index in [1.54, 1.807) is 37.3 Å². The zero-order valence-electron chi connectivity index (χ0n) is 17.6. The second-order valence-electron chi connectivity index (χ2n) is 7.33. The van der Waals surface area contributed by atoms with Gasteiger partial charge in [-0.05, 0) is 38.0 Å². The summed E-state index contributed by atoms with van der Waals surface area (Å²) in [6.45, 7) is 5.56. The Balaban J connectivity index is 2.33. The van der Waals surface area contributed by atoms with Crippen LogP contribution >= 0.6 is 23.2 Å². The van der Waals surface area contributed by atoms with Crippen LogP contribution in [0.4, 0.5) is 5.69 Å². The Bertz CT molecular complexity index is 968. The van der Waals surface area contributed by atoms with Crippen molar-refractivity contribution in [3.8, 4) is 0 Å². The van der Waals surface area contributed by atoms with Crippen LogP contribution in [-0.2, 0) is 22.6 Å². The highest BCUT2D eigenvalue weighted by Crippen LogP contribution is 2.25. The van der Waals surface area contributed by atoms with Crippen LogP contribution in [0.1, 0.15) is 38.3 Å². The zero-order chi connectivity index (χ0) is 23.1. The number of hydrogen-bond donors (Lipinski definition) is 1. The van der Waals surface area contributed by atoms with Crippen LogP contribution < -0.4 is 5.32 Å². The predicted molar refractivity (Wildman–Crippen MR) is 121 cm³/mol. The summed E-state index contributed by atoms with van der Waals surface area (Å²) in [6.07, 6.45) is 0.537. The van der Waals surface area contributed by atoms with Crippen LogP contribution in [0, 0.1) is 10.1 Å². The van der Waals surface area contributed by atoms with Crippen LogP contribution in [0.15, 0.2) is 42.5 Å². The SMILES string of the molecule is CC[C@H](C)NC(=O)[C@H](C)N(Cc1ccc(Cl)c(Cl)c1)C(=O)Cc1ccccc1[N+](=O)[O-]. The molecule has 0 saturated heterocycles. The molecule has 7 nitrogen and oxygen atoms in total. The van der Waals surface area contributed by atoms with Gasteiger partial charge in [-0.15, -0.1) is 0 Å². The summed E-state index contributed by atoms with van der Waals surface area (Å²) in [5.41, 5.74) is 0.835. The van der Waals surface area contributed by atoms with Gasteiger partial charge in [0.15, 0.2) is 0 Å². The van der Waals surface area contributed by atoms with Crippen LogP contribution in [0.2, 0.25) is 10.0 Å². The second-order valence-corrected chi connectivity index (χ2v) is 8.14. The highest BCUT2D eigenvalue weighted by molar-refractivity contribution is 6.42. The van der Waals surface area contributed by atoms with Gasteiger partial charge in [0, 0.05) is 24.2 Å². The van der Waals surface area contributed by atoms with Gasteiger partial charge in [-0.2, -0.15) is 0 Å². The van der Waals surface area contributed by atoms with E-state index in [9.17, 15) is 19.7 Å². The summed E-state index contributed by atoms with van der Waals surface area (Å²) in [5.74, 6) is -0.711. The average Bonchev–Trinajstić information content (AvgIpc) is 2.73. The number of nitrogens with zero attached hydrogens (tertiary/aromatic N) is 2. The van der Waals surface area contributed by atoms with Crippen molar-refractivity contribution in [2.45, 2.75) is 52.2 Å². The van der Waals surface area contributed by atoms with E-state index in [0.717, 1.165) is 6.42 Å². The number of carbonyl (C=O) groups excluding carboxylic acids is 2. The second kappa shape index (κ2) is 11.1. The first kappa shape index (κ1) is 24.6. The fraction of sp³-hybridized carbons (Fsp3) is 0.364. The van der Waals surface area contributed by atoms with Crippen molar-refractivity contribution in [3.63, 3.8) is 0 Å². The molecule has 0 aliphatic carbocycles. The molecule has 0 heterocycles. The highest BCUT2D eigenvalue weighted by Gasteiger charge is 2.28. The van der Waals surface area contributed by atoms with Gasteiger partial charge in [-0.3, -0.25) is 19.7 Å². The van der Waals surface area contributed by atoms with E-state index in [2.05, 4.69) is 5.32 Å². The summed E-state index contributed by atoms with van der Waals surface area (Å²) < 4.78 is 0. The van der Waals surface area contributed by atoms with Crippen molar-refractivity contribution < 1.29 is 14.5 Å². The molecule has 0 radical (unpaired) electrons. The average molecular weight is 466 g/mol. The quantitative estimate of drug-likeness (QED) is 0.426. The lowest BCUT2D eigenvalue weighted by Crippen LogP contribution is -2.49. The minimum absolute atomic E-state index is 0.0490. The van der Waals surface area contributed by atoms with E-state index in [-0.39, 0.29) is 36.2 Å². The summed E-state index contributed by atoms with van der Waals surface area (Å²) in [5, 5.41) is 14.9. The van der Waals surface area contributed by atoms with Gasteiger partial charge in [0.2, 0.25) is 11.8 Å². The van der Waals surface area contributed by atoms with E-state index in [1.165, 1.54) is 17.0 Å². The lowest BCUT2D eigenvalue weighted by molar-refractivity contribution is -0.385. The molecule has 0 aliphatic heterocycles. The molecular weight excluding hydrogens is 441 g/mol. The highest BCUT2D eigenvalue weighted by atomic mass is 35.5. The molecule has 2 aromatic rings. The first-order chi connectivity index (χ1) is 14.6. The fourth-order valence-corrected chi connectivity index (χ4v) is 3.31. The molecule has 9 heteroatoms. The maximum absolute atomic E-state index is 13.2. The van der Waals surface area contributed by atoms with Gasteiger partial charge in [0.1, 0.15) is 6.04 Å². The number of nitro groups is 1. The number of rotatable bonds is 9. The lowest BCUT2D eigenvalue weighted by Gasteiger charge is -2.30. The third-order valence-electron chi connectivity index (χ3n) is 5.04. The van der Waals surface area contributed by atoms with Gasteiger partial charge in [0.05, 0.1) is 21.4 Å². The van der Waals surface area contributed by atoms with Crippen molar-refractivity contribution in [1.82, 2.24) is 10.2 Å². The maximum Gasteiger partial charge on any atom is 0.273 e. The van der Waals surface area contributed by atoms with Crippen LogP contribution in [0.3, 0.4) is 0 Å². The van der Waals surface area contributed by atoms with Crippen molar-refractivity contribution in [1.29, 1.82) is 0 Å². The minimum Gasteiger partial charge on any atom is -0.352 e. The molecule has 0 saturated carbocycles. The molecule has 2 rings (SSSR count). The number of hydrogen-bond acceptors (Lipinski definition) is 4. The number of para-hydroxylation sites is 1. The third-order valence-corrected chi connectivity index (χ3v) is 5.77. The van der Waals surface area contributed by atoms with Gasteiger partial charge in [-0.25, -0.2) is 0 Å². The molecule has 0 aliphatic rings. The maximum atomic E-state index is 13.2. The van der Waals surface area contributed by atoms with Gasteiger partial charge >= 0.3 is 0 Å². The molecule has 1 N–H and O–H groups in total. The lowest BCUT2D eigenvalue weighted by atomic mass is 10.1. The Hall–Kier alpha value is -2.64. The van der Waals surface area contributed by atoms with E-state index in [0.29, 0.717) is 15.6 Å². The first-order valence-electron chi connectivity index (χ1n) is 9.90. The zero-order valence-corrected chi connectivity index (χ0v) is 19.1. The van der Waals surface area contributed by atoms with Crippen molar-refractivity contribution in [2.24, 2.45) is 0 Å². The van der Waals surface area contributed by atoms with Gasteiger partial charge < -0.3 is 10.2 Å². The number of benzene rings is 2. The number of nitrogens with one attached hydrogen (secondary N) is 1. The van der Waals surface area contributed by atoms with E-state index in [4.69, 9.17) is 23.2 Å². The predicted octanol–water partition coefficient (Wildman–Crippen LogP) is 4.78. The fourth-order valence-electron chi connectivity index (χ4n) is 2.99. The number of nitro benzene ring substituents is 1. The Morgan fingerprint density at radius 2 is 1.81 bits per heavy atom. The molecule has 0 bridgehead atoms. The Morgan fingerprint density at radius 1 is 1.13 bits per heavy atom. The molecule has 31 heavy (non-hydrogen) atoms. The molecule has 0 unspecified atom stereocenters. The smallest absolute Gasteiger partial charge is 0.273 e. The van der Waals surface area contributed by atoms with E-state index in [1.807, 2.05) is 13.8 Å². The van der Waals surface area contributed by atoms with Crippen LogP contribution in [-0.4, -0.2) is 33.7 Å². The summed E-state index contributed by atoms with van der Waals surface area (Å²) in [4.78, 5) is 38.1. The molecule has 0 fully saturated rings. The normalized spacial score (nSPS) is 12.7. The summed E-state index contributed by atoms with van der Waals surface area (Å²) in [6, 6.07) is 10.2. The van der Waals surface area contributed by atoms with Crippen molar-refractivity contribution in [3.05, 3.63) is 73.8 Å². The molecule has 2 amide bonds. The van der Waals surface area contributed by atoms with E-state index < -0.39 is 16.9 Å². The molecular formula is C22H25Cl2N3O4. The minimum atomic E-state index is -0.793. The third kappa shape index (κ3) is 6.67. The van der Waals surface area contributed by atoms with Crippen molar-refractivity contribution >= 4 is 40.7 Å². The molecule has 0 aromatic heterocycles. The number of amides is 2. The number of halogens is 2. The van der Waals surface area contributed by atoms with Crippen LogP contribution in [0.25, 0.3) is 0 Å². The molecule has 2 aromatic carbocycles. The van der Waals surface area contributed by atoms with Crippen molar-refractivity contribution in [2.75, 3.05) is 0 Å². The largest absolute Gasteiger partial charge is 0.352 e. The molecule has 2 atom stereocenters. The summed E-state index contributed by atoms with van der Waals surface area (Å²) in [7, 11) is 0. The monoisotopic (exact) mass is 465 g/mol. The first-order valence-corrected chi connectivity index (χ1v) is 10.7. The van der Waals surface area contributed by atoms with E-state index >= 15 is 0 Å². The Labute approximate surface area is 191 Å². The van der Waals surface area contributed by atoms with Crippen LogP contribution in [0.5, 0.6) is 0 Å². The Kier molecular flexibility index (Phi) is 8.83. The Morgan fingerprint density at radius 3 is 2.42 bits per heavy atom. The molecule has 166 valence electrons. The van der Waals surface area contributed by atoms with Gasteiger partial charge in [0.25, 0.3) is 5.69 Å². The topological polar surface area (TPSA) is 92.6 Å². The van der Waals surface area contributed by atoms with Gasteiger partial charge in [-0.1, -0.05) is 54.4 Å².